The predicted molar refractivity (Wildman–Crippen MR) is 67.3 cm³/mol. The zero-order valence-electron chi connectivity index (χ0n) is 10.4. The van der Waals surface area contributed by atoms with Crippen molar-refractivity contribution in [1.82, 2.24) is 20.1 Å². The summed E-state index contributed by atoms with van der Waals surface area (Å²) in [7, 11) is 0. The molecule has 2 aliphatic heterocycles. The molecule has 1 aromatic heterocycles. The molecular formula is C13H17N5. The van der Waals surface area contributed by atoms with Gasteiger partial charge in [0.1, 0.15) is 17.5 Å². The quantitative estimate of drug-likeness (QED) is 0.761. The number of nitriles is 1. The van der Waals surface area contributed by atoms with E-state index in [1.165, 1.54) is 12.8 Å². The molecule has 5 heteroatoms. The van der Waals surface area contributed by atoms with Crippen molar-refractivity contribution < 1.29 is 0 Å². The first kappa shape index (κ1) is 11.3. The molecule has 5 nitrogen and oxygen atoms in total. The minimum Gasteiger partial charge on any atom is -0.387 e. The first-order valence-corrected chi connectivity index (χ1v) is 6.69. The highest BCUT2D eigenvalue weighted by Crippen LogP contribution is 2.24. The van der Waals surface area contributed by atoms with Crippen LogP contribution in [0.15, 0.2) is 5.70 Å². The van der Waals surface area contributed by atoms with Crippen molar-refractivity contribution in [2.24, 2.45) is 0 Å². The molecule has 1 saturated heterocycles. The van der Waals surface area contributed by atoms with Gasteiger partial charge in [0.25, 0.3) is 0 Å². The van der Waals surface area contributed by atoms with E-state index in [0.29, 0.717) is 5.57 Å². The molecular weight excluding hydrogens is 226 g/mol. The average molecular weight is 243 g/mol. The van der Waals surface area contributed by atoms with Gasteiger partial charge in [-0.1, -0.05) is 6.42 Å². The highest BCUT2D eigenvalue weighted by molar-refractivity contribution is 5.75. The Morgan fingerprint density at radius 1 is 1.17 bits per heavy atom. The van der Waals surface area contributed by atoms with E-state index in [0.717, 1.165) is 56.1 Å². The van der Waals surface area contributed by atoms with Gasteiger partial charge in [-0.15, -0.1) is 10.2 Å². The van der Waals surface area contributed by atoms with Crippen LogP contribution in [0.25, 0.3) is 5.57 Å². The van der Waals surface area contributed by atoms with Gasteiger partial charge in [0, 0.05) is 25.2 Å². The third-order valence-electron chi connectivity index (χ3n) is 3.69. The summed E-state index contributed by atoms with van der Waals surface area (Å²) in [6, 6.07) is 2.31. The van der Waals surface area contributed by atoms with Crippen LogP contribution in [0.1, 0.15) is 43.8 Å². The number of nitrogens with one attached hydrogen (secondary N) is 1. The van der Waals surface area contributed by atoms with Gasteiger partial charge in [-0.05, 0) is 25.7 Å². The molecule has 0 aromatic carbocycles. The zero-order valence-corrected chi connectivity index (χ0v) is 10.4. The van der Waals surface area contributed by atoms with E-state index >= 15 is 0 Å². The zero-order chi connectivity index (χ0) is 12.4. The van der Waals surface area contributed by atoms with Gasteiger partial charge < -0.3 is 9.88 Å². The molecule has 0 amide bonds. The minimum atomic E-state index is 0.688. The number of aromatic nitrogens is 3. The number of rotatable bonds is 1. The lowest BCUT2D eigenvalue weighted by atomic mass is 10.1. The Balaban J connectivity index is 2.04. The number of nitrogens with zero attached hydrogens (tertiary/aromatic N) is 4. The molecule has 0 aliphatic carbocycles. The van der Waals surface area contributed by atoms with E-state index in [1.54, 1.807) is 0 Å². The Morgan fingerprint density at radius 3 is 2.89 bits per heavy atom. The van der Waals surface area contributed by atoms with Gasteiger partial charge in [-0.2, -0.15) is 5.26 Å². The molecule has 0 atom stereocenters. The van der Waals surface area contributed by atoms with Crippen LogP contribution in [0.2, 0.25) is 0 Å². The van der Waals surface area contributed by atoms with Crippen molar-refractivity contribution in [3.05, 3.63) is 17.3 Å². The third-order valence-corrected chi connectivity index (χ3v) is 3.69. The topological polar surface area (TPSA) is 66.5 Å². The first-order chi connectivity index (χ1) is 8.90. The predicted octanol–water partition coefficient (Wildman–Crippen LogP) is 1.62. The highest BCUT2D eigenvalue weighted by atomic mass is 15.3. The number of hydrogen-bond acceptors (Lipinski definition) is 4. The van der Waals surface area contributed by atoms with Crippen molar-refractivity contribution in [2.45, 2.75) is 45.1 Å². The summed E-state index contributed by atoms with van der Waals surface area (Å²) in [5.41, 5.74) is 1.73. The summed E-state index contributed by atoms with van der Waals surface area (Å²) in [4.78, 5) is 0. The van der Waals surface area contributed by atoms with Crippen LogP contribution >= 0.6 is 0 Å². The summed E-state index contributed by atoms with van der Waals surface area (Å²) in [5, 5.41) is 21.2. The maximum Gasteiger partial charge on any atom is 0.176 e. The highest BCUT2D eigenvalue weighted by Gasteiger charge is 2.21. The first-order valence-electron chi connectivity index (χ1n) is 6.69. The van der Waals surface area contributed by atoms with Crippen LogP contribution in [0.4, 0.5) is 0 Å². The Labute approximate surface area is 107 Å². The molecule has 18 heavy (non-hydrogen) atoms. The van der Waals surface area contributed by atoms with Gasteiger partial charge in [-0.3, -0.25) is 0 Å². The molecule has 1 fully saturated rings. The average Bonchev–Trinajstić information content (AvgIpc) is 2.98. The van der Waals surface area contributed by atoms with E-state index in [2.05, 4.69) is 26.2 Å². The molecule has 0 saturated carbocycles. The largest absolute Gasteiger partial charge is 0.387 e. The van der Waals surface area contributed by atoms with E-state index < -0.39 is 0 Å². The van der Waals surface area contributed by atoms with Crippen molar-refractivity contribution >= 4 is 5.57 Å². The molecule has 3 rings (SSSR count). The van der Waals surface area contributed by atoms with Crippen LogP contribution in [0.3, 0.4) is 0 Å². The number of hydrogen-bond donors (Lipinski definition) is 1. The minimum absolute atomic E-state index is 0.688. The standard InChI is InChI=1S/C13H17N5/c14-9-10(11-5-4-7-15-11)13-17-16-12-6-2-1-3-8-18(12)13/h15H,1-8H2/b11-10+. The summed E-state index contributed by atoms with van der Waals surface area (Å²) in [6.07, 6.45) is 6.59. The fourth-order valence-corrected chi connectivity index (χ4v) is 2.73. The summed E-state index contributed by atoms with van der Waals surface area (Å²) in [5.74, 6) is 1.80. The molecule has 1 aromatic rings. The lowest BCUT2D eigenvalue weighted by Gasteiger charge is -2.08. The molecule has 0 spiro atoms. The molecule has 0 bridgehead atoms. The normalized spacial score (nSPS) is 21.7. The van der Waals surface area contributed by atoms with Crippen molar-refractivity contribution in [3.63, 3.8) is 0 Å². The van der Waals surface area contributed by atoms with Crippen LogP contribution in [0, 0.1) is 11.3 Å². The Bertz CT molecular complexity index is 512. The molecule has 1 N–H and O–H groups in total. The molecule has 3 heterocycles. The van der Waals surface area contributed by atoms with Gasteiger partial charge in [0.05, 0.1) is 0 Å². The Hall–Kier alpha value is -1.83. The van der Waals surface area contributed by atoms with Gasteiger partial charge in [-0.25, -0.2) is 0 Å². The van der Waals surface area contributed by atoms with E-state index in [1.807, 2.05) is 0 Å². The van der Waals surface area contributed by atoms with Crippen molar-refractivity contribution in [1.29, 1.82) is 5.26 Å². The molecule has 0 unspecified atom stereocenters. The summed E-state index contributed by atoms with van der Waals surface area (Å²) < 4.78 is 2.14. The monoisotopic (exact) mass is 243 g/mol. The Morgan fingerprint density at radius 2 is 2.11 bits per heavy atom. The van der Waals surface area contributed by atoms with E-state index in [9.17, 15) is 5.26 Å². The molecule has 0 radical (unpaired) electrons. The summed E-state index contributed by atoms with van der Waals surface area (Å²) in [6.45, 7) is 1.90. The maximum atomic E-state index is 9.40. The number of aryl methyl sites for hydroxylation is 1. The Kier molecular flexibility index (Phi) is 3.01. The lowest BCUT2D eigenvalue weighted by Crippen LogP contribution is -2.10. The number of allylic oxidation sites excluding steroid dienone is 2. The molecule has 2 aliphatic rings. The van der Waals surface area contributed by atoms with E-state index in [-0.39, 0.29) is 0 Å². The van der Waals surface area contributed by atoms with Crippen molar-refractivity contribution in [2.75, 3.05) is 6.54 Å². The maximum absolute atomic E-state index is 9.40. The van der Waals surface area contributed by atoms with Crippen LogP contribution < -0.4 is 5.32 Å². The van der Waals surface area contributed by atoms with Crippen LogP contribution in [-0.4, -0.2) is 21.3 Å². The number of fused-ring (bicyclic) bond motifs is 1. The fraction of sp³-hybridized carbons (Fsp3) is 0.615. The second kappa shape index (κ2) is 4.81. The second-order valence-corrected chi connectivity index (χ2v) is 4.90. The van der Waals surface area contributed by atoms with Crippen LogP contribution in [0.5, 0.6) is 0 Å². The lowest BCUT2D eigenvalue weighted by molar-refractivity contribution is 0.627. The van der Waals surface area contributed by atoms with Gasteiger partial charge >= 0.3 is 0 Å². The van der Waals surface area contributed by atoms with Gasteiger partial charge in [0.2, 0.25) is 0 Å². The van der Waals surface area contributed by atoms with Crippen molar-refractivity contribution in [3.8, 4) is 6.07 Å². The third kappa shape index (κ3) is 1.88. The SMILES string of the molecule is N#C/C(=C1/CCCN1)c1nnc2n1CCCCC2. The van der Waals surface area contributed by atoms with Gasteiger partial charge in [0.15, 0.2) is 5.82 Å². The van der Waals surface area contributed by atoms with Crippen LogP contribution in [-0.2, 0) is 13.0 Å². The van der Waals surface area contributed by atoms with E-state index in [4.69, 9.17) is 0 Å². The smallest absolute Gasteiger partial charge is 0.176 e. The summed E-state index contributed by atoms with van der Waals surface area (Å²) >= 11 is 0. The molecule has 94 valence electrons. The second-order valence-electron chi connectivity index (χ2n) is 4.90. The fourth-order valence-electron chi connectivity index (χ4n) is 2.73.